The Balaban J connectivity index is 2.40. The van der Waals surface area contributed by atoms with E-state index in [0.29, 0.717) is 9.75 Å². The van der Waals surface area contributed by atoms with Crippen molar-refractivity contribution in [3.8, 4) is 0 Å². The van der Waals surface area contributed by atoms with E-state index in [4.69, 9.17) is 5.21 Å². The maximum Gasteiger partial charge on any atom is 0.284 e. The van der Waals surface area contributed by atoms with Crippen LogP contribution < -0.4 is 10.8 Å². The number of hydrogen-bond acceptors (Lipinski definition) is 5. The van der Waals surface area contributed by atoms with Gasteiger partial charge in [0.25, 0.3) is 11.8 Å². The van der Waals surface area contributed by atoms with Crippen LogP contribution in [0.4, 0.5) is 0 Å². The second-order valence-electron chi connectivity index (χ2n) is 5.15. The predicted molar refractivity (Wildman–Crippen MR) is 87.5 cm³/mol. The van der Waals surface area contributed by atoms with Gasteiger partial charge in [0.2, 0.25) is 0 Å². The normalized spacial score (nSPS) is 12.2. The third kappa shape index (κ3) is 5.75. The number of hydrogen-bond donors (Lipinski definition) is 3. The number of thiophene rings is 1. The predicted octanol–water partition coefficient (Wildman–Crippen LogP) is 2.11. The molecule has 0 aliphatic rings. The summed E-state index contributed by atoms with van der Waals surface area (Å²) in [6, 6.07) is 3.20. The van der Waals surface area contributed by atoms with Crippen LogP contribution in [-0.2, 0) is 0 Å². The first kappa shape index (κ1) is 18.6. The average Bonchev–Trinajstić information content (AvgIpc) is 3.00. The summed E-state index contributed by atoms with van der Waals surface area (Å²) in [6.45, 7) is 9.39. The van der Waals surface area contributed by atoms with Gasteiger partial charge in [0.1, 0.15) is 0 Å². The van der Waals surface area contributed by atoms with E-state index in [0.717, 1.165) is 43.8 Å². The number of rotatable bonds is 9. The lowest BCUT2D eigenvalue weighted by Gasteiger charge is -2.19. The van der Waals surface area contributed by atoms with Crippen LogP contribution in [-0.4, -0.2) is 47.6 Å². The summed E-state index contributed by atoms with van der Waals surface area (Å²) in [5.41, 5.74) is 1.56. The molecule has 0 aliphatic carbocycles. The molecule has 0 spiro atoms. The molecular weight excluding hydrogens is 302 g/mol. The topological polar surface area (TPSA) is 81.7 Å². The average molecular weight is 327 g/mol. The minimum atomic E-state index is -0.601. The van der Waals surface area contributed by atoms with Gasteiger partial charge in [-0.2, -0.15) is 0 Å². The minimum absolute atomic E-state index is 0.0836. The lowest BCUT2D eigenvalue weighted by Crippen LogP contribution is -2.33. The molecule has 1 aromatic heterocycles. The second-order valence-corrected chi connectivity index (χ2v) is 6.23. The van der Waals surface area contributed by atoms with E-state index >= 15 is 0 Å². The van der Waals surface area contributed by atoms with Crippen LogP contribution in [0.15, 0.2) is 12.1 Å². The standard InChI is InChI=1S/C15H25N3O3S/c1-4-18(5-2)10-6-7-11(3)16-14(19)12-8-9-13(22-12)15(20)17-21/h8-9,11,21H,4-7,10H2,1-3H3,(H,16,19)(H,17,20). The molecule has 22 heavy (non-hydrogen) atoms. The maximum atomic E-state index is 12.1. The van der Waals surface area contributed by atoms with Crippen molar-refractivity contribution < 1.29 is 14.8 Å². The molecule has 2 amide bonds. The van der Waals surface area contributed by atoms with E-state index in [-0.39, 0.29) is 11.9 Å². The molecule has 0 saturated heterocycles. The van der Waals surface area contributed by atoms with Gasteiger partial charge >= 0.3 is 0 Å². The molecule has 0 aliphatic heterocycles. The Morgan fingerprint density at radius 2 is 1.82 bits per heavy atom. The van der Waals surface area contributed by atoms with Crippen LogP contribution in [0.25, 0.3) is 0 Å². The smallest absolute Gasteiger partial charge is 0.284 e. The summed E-state index contributed by atoms with van der Waals surface area (Å²) in [4.78, 5) is 26.5. The Hall–Kier alpha value is -1.44. The molecule has 1 atom stereocenters. The van der Waals surface area contributed by atoms with Crippen molar-refractivity contribution in [2.45, 2.75) is 39.7 Å². The van der Waals surface area contributed by atoms with Gasteiger partial charge in [-0.05, 0) is 51.5 Å². The molecule has 1 rings (SSSR count). The fourth-order valence-electron chi connectivity index (χ4n) is 2.17. The zero-order valence-electron chi connectivity index (χ0n) is 13.4. The first-order valence-corrected chi connectivity index (χ1v) is 8.40. The highest BCUT2D eigenvalue weighted by Gasteiger charge is 2.15. The van der Waals surface area contributed by atoms with E-state index < -0.39 is 5.91 Å². The first-order valence-electron chi connectivity index (χ1n) is 7.59. The second kappa shape index (κ2) is 9.55. The van der Waals surface area contributed by atoms with E-state index in [1.165, 1.54) is 6.07 Å². The molecule has 1 aromatic rings. The molecule has 0 fully saturated rings. The SMILES string of the molecule is CCN(CC)CCCC(C)NC(=O)c1ccc(C(=O)NO)s1. The highest BCUT2D eigenvalue weighted by molar-refractivity contribution is 7.15. The first-order chi connectivity index (χ1) is 10.5. The van der Waals surface area contributed by atoms with Crippen molar-refractivity contribution in [1.29, 1.82) is 0 Å². The van der Waals surface area contributed by atoms with Crippen LogP contribution in [0, 0.1) is 0 Å². The van der Waals surface area contributed by atoms with Crippen LogP contribution in [0.3, 0.4) is 0 Å². The van der Waals surface area contributed by atoms with Crippen molar-refractivity contribution in [3.63, 3.8) is 0 Å². The van der Waals surface area contributed by atoms with Gasteiger partial charge in [0.15, 0.2) is 0 Å². The van der Waals surface area contributed by atoms with Crippen molar-refractivity contribution in [1.82, 2.24) is 15.7 Å². The molecular formula is C15H25N3O3S. The Kier molecular flexibility index (Phi) is 8.08. The van der Waals surface area contributed by atoms with E-state index in [1.54, 1.807) is 11.5 Å². The molecule has 7 heteroatoms. The largest absolute Gasteiger partial charge is 0.349 e. The van der Waals surface area contributed by atoms with Gasteiger partial charge in [-0.25, -0.2) is 5.48 Å². The number of carbonyl (C=O) groups excluding carboxylic acids is 2. The highest BCUT2D eigenvalue weighted by atomic mass is 32.1. The minimum Gasteiger partial charge on any atom is -0.349 e. The Morgan fingerprint density at radius 3 is 2.36 bits per heavy atom. The van der Waals surface area contributed by atoms with Gasteiger partial charge in [-0.1, -0.05) is 13.8 Å². The number of carbonyl (C=O) groups is 2. The van der Waals surface area contributed by atoms with E-state index in [1.807, 2.05) is 6.92 Å². The lowest BCUT2D eigenvalue weighted by molar-refractivity contribution is 0.0711. The van der Waals surface area contributed by atoms with Crippen LogP contribution in [0.5, 0.6) is 0 Å². The quantitative estimate of drug-likeness (QED) is 0.479. The van der Waals surface area contributed by atoms with Crippen LogP contribution in [0.2, 0.25) is 0 Å². The summed E-state index contributed by atoms with van der Waals surface area (Å²) in [5.74, 6) is -0.784. The Labute approximate surface area is 135 Å². The van der Waals surface area contributed by atoms with Crippen molar-refractivity contribution >= 4 is 23.2 Å². The highest BCUT2D eigenvalue weighted by Crippen LogP contribution is 2.16. The van der Waals surface area contributed by atoms with Gasteiger partial charge in [0, 0.05) is 6.04 Å². The summed E-state index contributed by atoms with van der Waals surface area (Å²) in [7, 11) is 0. The number of hydroxylamine groups is 1. The monoisotopic (exact) mass is 327 g/mol. The van der Waals surface area contributed by atoms with Crippen molar-refractivity contribution in [2.24, 2.45) is 0 Å². The van der Waals surface area contributed by atoms with E-state index in [2.05, 4.69) is 24.1 Å². The number of nitrogens with zero attached hydrogens (tertiary/aromatic N) is 1. The number of amides is 2. The Morgan fingerprint density at radius 1 is 1.23 bits per heavy atom. The zero-order valence-corrected chi connectivity index (χ0v) is 14.2. The molecule has 3 N–H and O–H groups in total. The summed E-state index contributed by atoms with van der Waals surface area (Å²) >= 11 is 1.06. The lowest BCUT2D eigenvalue weighted by atomic mass is 10.1. The fourth-order valence-corrected chi connectivity index (χ4v) is 2.96. The molecule has 0 saturated carbocycles. The fraction of sp³-hybridized carbons (Fsp3) is 0.600. The van der Waals surface area contributed by atoms with Gasteiger partial charge in [0.05, 0.1) is 9.75 Å². The third-order valence-electron chi connectivity index (χ3n) is 3.54. The molecule has 1 unspecified atom stereocenters. The van der Waals surface area contributed by atoms with Crippen molar-refractivity contribution in [2.75, 3.05) is 19.6 Å². The van der Waals surface area contributed by atoms with Gasteiger partial charge in [-0.3, -0.25) is 14.8 Å². The van der Waals surface area contributed by atoms with Crippen molar-refractivity contribution in [3.05, 3.63) is 21.9 Å². The Bertz CT molecular complexity index is 486. The number of nitrogens with one attached hydrogen (secondary N) is 2. The zero-order chi connectivity index (χ0) is 16.5. The third-order valence-corrected chi connectivity index (χ3v) is 4.62. The molecule has 0 bridgehead atoms. The van der Waals surface area contributed by atoms with Gasteiger partial charge in [-0.15, -0.1) is 11.3 Å². The van der Waals surface area contributed by atoms with Crippen LogP contribution >= 0.6 is 11.3 Å². The molecule has 124 valence electrons. The molecule has 6 nitrogen and oxygen atoms in total. The molecule has 0 radical (unpaired) electrons. The summed E-state index contributed by atoms with van der Waals surface area (Å²) in [5, 5.41) is 11.5. The van der Waals surface area contributed by atoms with Gasteiger partial charge < -0.3 is 10.2 Å². The maximum absolute atomic E-state index is 12.1. The van der Waals surface area contributed by atoms with Crippen LogP contribution in [0.1, 0.15) is 53.0 Å². The van der Waals surface area contributed by atoms with E-state index in [9.17, 15) is 9.59 Å². The summed E-state index contributed by atoms with van der Waals surface area (Å²) in [6.07, 6.45) is 1.95. The molecule has 0 aromatic carbocycles. The summed E-state index contributed by atoms with van der Waals surface area (Å²) < 4.78 is 0. The molecule has 1 heterocycles.